The van der Waals surface area contributed by atoms with E-state index in [0.717, 1.165) is 11.1 Å². The van der Waals surface area contributed by atoms with E-state index >= 15 is 0 Å². The van der Waals surface area contributed by atoms with Crippen LogP contribution in [0.4, 0.5) is 0 Å². The smallest absolute Gasteiger partial charge is 0.105 e. The normalized spacial score (nSPS) is 8.69. The first kappa shape index (κ1) is 10.1. The Morgan fingerprint density at radius 1 is 1.46 bits per heavy atom. The number of rotatable bonds is 1. The van der Waals surface area contributed by atoms with Gasteiger partial charge in [-0.15, -0.1) is 0 Å². The van der Waals surface area contributed by atoms with E-state index in [-0.39, 0.29) is 0 Å². The molecule has 1 aromatic rings. The monoisotopic (exact) mass is 207 g/mol. The molecule has 13 heavy (non-hydrogen) atoms. The molecule has 2 N–H and O–H groups in total. The lowest BCUT2D eigenvalue weighted by atomic mass is 10.1. The second-order valence-corrected chi connectivity index (χ2v) is 3.13. The molecular formula is C10H9NS2. The standard InChI is InChI=1S/C10H9NS2/c11-10(13)9-6-2-1-4-8(9)5-3-7-12/h1-2,4,6,12H,7H2,(H2,11,13). The van der Waals surface area contributed by atoms with Crippen molar-refractivity contribution in [1.82, 2.24) is 0 Å². The van der Waals surface area contributed by atoms with Gasteiger partial charge in [-0.25, -0.2) is 0 Å². The molecule has 0 radical (unpaired) electrons. The molecule has 0 aromatic heterocycles. The summed E-state index contributed by atoms with van der Waals surface area (Å²) in [5, 5.41) is 0. The van der Waals surface area contributed by atoms with Gasteiger partial charge in [0.2, 0.25) is 0 Å². The van der Waals surface area contributed by atoms with Gasteiger partial charge >= 0.3 is 0 Å². The lowest BCUT2D eigenvalue weighted by Crippen LogP contribution is -2.10. The summed E-state index contributed by atoms with van der Waals surface area (Å²) >= 11 is 8.89. The van der Waals surface area contributed by atoms with Crippen molar-refractivity contribution in [2.24, 2.45) is 5.73 Å². The minimum atomic E-state index is 0.379. The first-order valence-corrected chi connectivity index (χ1v) is 4.78. The second-order valence-electron chi connectivity index (χ2n) is 2.37. The zero-order valence-corrected chi connectivity index (χ0v) is 8.66. The van der Waals surface area contributed by atoms with Crippen LogP contribution < -0.4 is 5.73 Å². The van der Waals surface area contributed by atoms with Crippen molar-refractivity contribution in [1.29, 1.82) is 0 Å². The van der Waals surface area contributed by atoms with Crippen molar-refractivity contribution in [3.05, 3.63) is 35.4 Å². The van der Waals surface area contributed by atoms with E-state index < -0.39 is 0 Å². The first-order valence-electron chi connectivity index (χ1n) is 3.74. The Hall–Kier alpha value is -0.980. The molecule has 0 aliphatic heterocycles. The van der Waals surface area contributed by atoms with Crippen molar-refractivity contribution < 1.29 is 0 Å². The number of thiocarbonyl (C=S) groups is 1. The fourth-order valence-corrected chi connectivity index (χ4v) is 1.20. The van der Waals surface area contributed by atoms with Gasteiger partial charge in [-0.05, 0) is 6.07 Å². The van der Waals surface area contributed by atoms with Gasteiger partial charge in [-0.1, -0.05) is 42.3 Å². The largest absolute Gasteiger partial charge is 0.389 e. The predicted molar refractivity (Wildman–Crippen MR) is 63.1 cm³/mol. The molecule has 1 aromatic carbocycles. The van der Waals surface area contributed by atoms with E-state index in [4.69, 9.17) is 18.0 Å². The van der Waals surface area contributed by atoms with Crippen LogP contribution in [0.1, 0.15) is 11.1 Å². The van der Waals surface area contributed by atoms with Gasteiger partial charge in [0.25, 0.3) is 0 Å². The van der Waals surface area contributed by atoms with Crippen LogP contribution >= 0.6 is 24.8 Å². The van der Waals surface area contributed by atoms with Crippen molar-refractivity contribution in [2.75, 3.05) is 5.75 Å². The molecule has 0 amide bonds. The molecule has 1 rings (SSSR count). The molecule has 0 saturated heterocycles. The molecule has 0 unspecified atom stereocenters. The summed E-state index contributed by atoms with van der Waals surface area (Å²) in [6, 6.07) is 7.56. The zero-order chi connectivity index (χ0) is 9.68. The number of hydrogen-bond donors (Lipinski definition) is 2. The summed E-state index contributed by atoms with van der Waals surface area (Å²) in [5.41, 5.74) is 7.22. The summed E-state index contributed by atoms with van der Waals surface area (Å²) in [4.78, 5) is 0.379. The Balaban J connectivity index is 3.12. The summed E-state index contributed by atoms with van der Waals surface area (Å²) in [6.45, 7) is 0. The van der Waals surface area contributed by atoms with Crippen molar-refractivity contribution >= 4 is 29.8 Å². The zero-order valence-electron chi connectivity index (χ0n) is 6.95. The minimum Gasteiger partial charge on any atom is -0.389 e. The maximum absolute atomic E-state index is 5.53. The topological polar surface area (TPSA) is 26.0 Å². The van der Waals surface area contributed by atoms with Crippen LogP contribution in [-0.2, 0) is 0 Å². The number of nitrogens with two attached hydrogens (primary N) is 1. The second kappa shape index (κ2) is 4.90. The van der Waals surface area contributed by atoms with Crippen LogP contribution in [0.15, 0.2) is 24.3 Å². The maximum Gasteiger partial charge on any atom is 0.105 e. The van der Waals surface area contributed by atoms with E-state index in [9.17, 15) is 0 Å². The van der Waals surface area contributed by atoms with Crippen LogP contribution in [0.25, 0.3) is 0 Å². The number of thiol groups is 1. The van der Waals surface area contributed by atoms with Crippen LogP contribution in [0.3, 0.4) is 0 Å². The molecule has 66 valence electrons. The highest BCUT2D eigenvalue weighted by Crippen LogP contribution is 2.06. The van der Waals surface area contributed by atoms with Crippen LogP contribution in [0, 0.1) is 11.8 Å². The molecule has 0 atom stereocenters. The summed E-state index contributed by atoms with van der Waals surface area (Å²) in [5.74, 6) is 6.34. The molecule has 0 fully saturated rings. The van der Waals surface area contributed by atoms with Gasteiger partial charge in [-0.2, -0.15) is 12.6 Å². The van der Waals surface area contributed by atoms with Gasteiger partial charge in [-0.3, -0.25) is 0 Å². The minimum absolute atomic E-state index is 0.379. The first-order chi connectivity index (χ1) is 6.25. The molecule has 0 aliphatic carbocycles. The Morgan fingerprint density at radius 2 is 2.15 bits per heavy atom. The van der Waals surface area contributed by atoms with Gasteiger partial charge < -0.3 is 5.73 Å². The summed E-state index contributed by atoms with van der Waals surface area (Å²) in [6.07, 6.45) is 0. The fourth-order valence-electron chi connectivity index (χ4n) is 0.942. The van der Waals surface area contributed by atoms with E-state index in [0.29, 0.717) is 10.7 Å². The van der Waals surface area contributed by atoms with Gasteiger partial charge in [0.15, 0.2) is 0 Å². The van der Waals surface area contributed by atoms with E-state index in [1.165, 1.54) is 0 Å². The van der Waals surface area contributed by atoms with Crippen LogP contribution in [-0.4, -0.2) is 10.7 Å². The average molecular weight is 207 g/mol. The predicted octanol–water partition coefficient (Wildman–Crippen LogP) is 1.60. The SMILES string of the molecule is NC(=S)c1ccccc1C#CCS. The van der Waals surface area contributed by atoms with Crippen molar-refractivity contribution in [3.63, 3.8) is 0 Å². The third kappa shape index (κ3) is 2.76. The Bertz CT molecular complexity index is 374. The third-order valence-electron chi connectivity index (χ3n) is 1.49. The maximum atomic E-state index is 5.53. The average Bonchev–Trinajstić information content (AvgIpc) is 2.15. The Labute approximate surface area is 88.7 Å². The molecule has 0 bridgehead atoms. The van der Waals surface area contributed by atoms with E-state index in [1.807, 2.05) is 24.3 Å². The van der Waals surface area contributed by atoms with Crippen molar-refractivity contribution in [2.45, 2.75) is 0 Å². The molecule has 0 spiro atoms. The fraction of sp³-hybridized carbons (Fsp3) is 0.100. The molecule has 1 nitrogen and oxygen atoms in total. The molecule has 3 heteroatoms. The number of benzene rings is 1. The lowest BCUT2D eigenvalue weighted by Gasteiger charge is -2.00. The third-order valence-corrected chi connectivity index (χ3v) is 1.87. The van der Waals surface area contributed by atoms with Crippen LogP contribution in [0.5, 0.6) is 0 Å². The van der Waals surface area contributed by atoms with Gasteiger partial charge in [0.05, 0.1) is 5.75 Å². The Morgan fingerprint density at radius 3 is 2.77 bits per heavy atom. The highest BCUT2D eigenvalue weighted by Gasteiger charge is 1.99. The highest BCUT2D eigenvalue weighted by atomic mass is 32.1. The Kier molecular flexibility index (Phi) is 3.81. The summed E-state index contributed by atoms with van der Waals surface area (Å²) < 4.78 is 0. The van der Waals surface area contributed by atoms with Gasteiger partial charge in [0, 0.05) is 11.1 Å². The number of hydrogen-bond acceptors (Lipinski definition) is 2. The van der Waals surface area contributed by atoms with E-state index in [1.54, 1.807) is 0 Å². The summed E-state index contributed by atoms with van der Waals surface area (Å²) in [7, 11) is 0. The molecular weight excluding hydrogens is 198 g/mol. The molecule has 0 heterocycles. The molecule has 0 aliphatic rings. The van der Waals surface area contributed by atoms with Gasteiger partial charge in [0.1, 0.15) is 4.99 Å². The highest BCUT2D eigenvalue weighted by molar-refractivity contribution is 7.80. The quantitative estimate of drug-likeness (QED) is 0.415. The van der Waals surface area contributed by atoms with Crippen LogP contribution in [0.2, 0.25) is 0 Å². The van der Waals surface area contributed by atoms with Crippen molar-refractivity contribution in [3.8, 4) is 11.8 Å². The van der Waals surface area contributed by atoms with E-state index in [2.05, 4.69) is 24.5 Å². The lowest BCUT2D eigenvalue weighted by molar-refractivity contribution is 1.57. The molecule has 0 saturated carbocycles.